The van der Waals surface area contributed by atoms with Gasteiger partial charge in [-0.15, -0.1) is 0 Å². The highest BCUT2D eigenvalue weighted by atomic mass is 16.5. The smallest absolute Gasteiger partial charge is 0.407 e. The maximum atomic E-state index is 11.7. The molecule has 0 fully saturated rings. The number of hydrogen-bond donors (Lipinski definition) is 2. The van der Waals surface area contributed by atoms with Crippen LogP contribution in [0.4, 0.5) is 4.79 Å². The SMILES string of the molecule is CCOc1cc(CNC(=O)OCc2ccccc2)ccc1O. The number of phenols is 1. The average molecular weight is 301 g/mol. The highest BCUT2D eigenvalue weighted by molar-refractivity contribution is 5.67. The lowest BCUT2D eigenvalue weighted by atomic mass is 10.2. The Balaban J connectivity index is 1.82. The molecule has 5 nitrogen and oxygen atoms in total. The molecule has 116 valence electrons. The van der Waals surface area contributed by atoms with Crippen LogP contribution in [0.1, 0.15) is 18.1 Å². The van der Waals surface area contributed by atoms with Crippen LogP contribution >= 0.6 is 0 Å². The molecule has 0 atom stereocenters. The normalized spacial score (nSPS) is 10.0. The molecular formula is C17H19NO4. The Labute approximate surface area is 129 Å². The highest BCUT2D eigenvalue weighted by Gasteiger charge is 2.06. The molecule has 0 bridgehead atoms. The minimum Gasteiger partial charge on any atom is -0.504 e. The van der Waals surface area contributed by atoms with E-state index in [0.717, 1.165) is 11.1 Å². The third-order valence-electron chi connectivity index (χ3n) is 2.97. The number of nitrogens with one attached hydrogen (secondary N) is 1. The van der Waals surface area contributed by atoms with E-state index in [2.05, 4.69) is 5.32 Å². The molecule has 0 aliphatic carbocycles. The van der Waals surface area contributed by atoms with E-state index >= 15 is 0 Å². The van der Waals surface area contributed by atoms with Crippen LogP contribution in [-0.4, -0.2) is 17.8 Å². The van der Waals surface area contributed by atoms with Crippen LogP contribution in [0.25, 0.3) is 0 Å². The lowest BCUT2D eigenvalue weighted by Crippen LogP contribution is -2.23. The van der Waals surface area contributed by atoms with Gasteiger partial charge < -0.3 is 19.9 Å². The Morgan fingerprint density at radius 1 is 1.14 bits per heavy atom. The first-order chi connectivity index (χ1) is 10.7. The fraction of sp³-hybridized carbons (Fsp3) is 0.235. The van der Waals surface area contributed by atoms with Crippen molar-refractivity contribution in [3.05, 3.63) is 59.7 Å². The van der Waals surface area contributed by atoms with Gasteiger partial charge in [-0.05, 0) is 30.2 Å². The number of benzene rings is 2. The van der Waals surface area contributed by atoms with Crippen molar-refractivity contribution in [3.63, 3.8) is 0 Å². The van der Waals surface area contributed by atoms with Gasteiger partial charge >= 0.3 is 6.09 Å². The minimum absolute atomic E-state index is 0.0808. The van der Waals surface area contributed by atoms with Gasteiger partial charge in [0.2, 0.25) is 0 Å². The number of hydrogen-bond acceptors (Lipinski definition) is 4. The zero-order chi connectivity index (χ0) is 15.8. The molecule has 2 rings (SSSR count). The molecule has 5 heteroatoms. The summed E-state index contributed by atoms with van der Waals surface area (Å²) in [4.78, 5) is 11.7. The van der Waals surface area contributed by atoms with E-state index < -0.39 is 6.09 Å². The van der Waals surface area contributed by atoms with E-state index in [1.54, 1.807) is 12.1 Å². The summed E-state index contributed by atoms with van der Waals surface area (Å²) in [5.74, 6) is 0.483. The molecule has 0 unspecified atom stereocenters. The summed E-state index contributed by atoms with van der Waals surface area (Å²) in [6.07, 6.45) is -0.491. The van der Waals surface area contributed by atoms with Gasteiger partial charge in [0.15, 0.2) is 11.5 Å². The fourth-order valence-electron chi connectivity index (χ4n) is 1.89. The number of carbonyl (C=O) groups excluding carboxylic acids is 1. The van der Waals surface area contributed by atoms with Crippen LogP contribution < -0.4 is 10.1 Å². The maximum absolute atomic E-state index is 11.7. The molecule has 0 radical (unpaired) electrons. The molecule has 22 heavy (non-hydrogen) atoms. The van der Waals surface area contributed by atoms with Crippen molar-refractivity contribution in [2.75, 3.05) is 6.61 Å². The third kappa shape index (κ3) is 4.70. The standard InChI is InChI=1S/C17H19NO4/c1-2-21-16-10-14(8-9-15(16)19)11-18-17(20)22-12-13-6-4-3-5-7-13/h3-10,19H,2,11-12H2,1H3,(H,18,20). The zero-order valence-corrected chi connectivity index (χ0v) is 12.4. The molecule has 0 aliphatic heterocycles. The van der Waals surface area contributed by atoms with Crippen LogP contribution in [0.5, 0.6) is 11.5 Å². The number of phenolic OH excluding ortho intramolecular Hbond substituents is 1. The Morgan fingerprint density at radius 3 is 2.64 bits per heavy atom. The molecule has 0 spiro atoms. The maximum Gasteiger partial charge on any atom is 0.407 e. The molecule has 1 amide bonds. The zero-order valence-electron chi connectivity index (χ0n) is 12.4. The predicted molar refractivity (Wildman–Crippen MR) is 82.7 cm³/mol. The monoisotopic (exact) mass is 301 g/mol. The lowest BCUT2D eigenvalue weighted by molar-refractivity contribution is 0.139. The summed E-state index contributed by atoms with van der Waals surface area (Å²) in [6, 6.07) is 14.4. The second-order valence-corrected chi connectivity index (χ2v) is 4.65. The quantitative estimate of drug-likeness (QED) is 0.859. The molecule has 0 aliphatic rings. The van der Waals surface area contributed by atoms with Crippen molar-refractivity contribution in [3.8, 4) is 11.5 Å². The first-order valence-electron chi connectivity index (χ1n) is 7.08. The lowest BCUT2D eigenvalue weighted by Gasteiger charge is -2.10. The van der Waals surface area contributed by atoms with Crippen molar-refractivity contribution in [2.45, 2.75) is 20.1 Å². The van der Waals surface area contributed by atoms with Gasteiger partial charge in [0, 0.05) is 6.54 Å². The summed E-state index contributed by atoms with van der Waals surface area (Å²) < 4.78 is 10.4. The summed E-state index contributed by atoms with van der Waals surface area (Å²) in [6.45, 7) is 2.83. The summed E-state index contributed by atoms with van der Waals surface area (Å²) >= 11 is 0. The van der Waals surface area contributed by atoms with Crippen LogP contribution in [0, 0.1) is 0 Å². The Kier molecular flexibility index (Phi) is 5.65. The van der Waals surface area contributed by atoms with Gasteiger partial charge in [-0.25, -0.2) is 4.79 Å². The van der Waals surface area contributed by atoms with Crippen LogP contribution in [-0.2, 0) is 17.9 Å². The van der Waals surface area contributed by atoms with E-state index in [9.17, 15) is 9.90 Å². The molecule has 2 N–H and O–H groups in total. The summed E-state index contributed by atoms with van der Waals surface area (Å²) in [5.41, 5.74) is 1.75. The molecule has 0 aromatic heterocycles. The molecular weight excluding hydrogens is 282 g/mol. The van der Waals surface area contributed by atoms with Crippen LogP contribution in [0.15, 0.2) is 48.5 Å². The number of alkyl carbamates (subject to hydrolysis) is 1. The Hall–Kier alpha value is -2.69. The highest BCUT2D eigenvalue weighted by Crippen LogP contribution is 2.26. The predicted octanol–water partition coefficient (Wildman–Crippen LogP) is 3.22. The van der Waals surface area contributed by atoms with Crippen molar-refractivity contribution in [1.82, 2.24) is 5.32 Å². The second kappa shape index (κ2) is 7.93. The summed E-state index contributed by atoms with van der Waals surface area (Å²) in [7, 11) is 0. The van der Waals surface area contributed by atoms with Crippen LogP contribution in [0.2, 0.25) is 0 Å². The minimum atomic E-state index is -0.491. The van der Waals surface area contributed by atoms with Gasteiger partial charge in [-0.1, -0.05) is 36.4 Å². The molecule has 0 heterocycles. The number of ether oxygens (including phenoxy) is 2. The number of amides is 1. The van der Waals surface area contributed by atoms with E-state index in [1.807, 2.05) is 37.3 Å². The van der Waals surface area contributed by atoms with Crippen molar-refractivity contribution in [1.29, 1.82) is 0 Å². The first-order valence-corrected chi connectivity index (χ1v) is 7.08. The van der Waals surface area contributed by atoms with E-state index in [-0.39, 0.29) is 12.4 Å². The van der Waals surface area contributed by atoms with Gasteiger partial charge in [0.05, 0.1) is 6.61 Å². The molecule has 2 aromatic carbocycles. The van der Waals surface area contributed by atoms with Gasteiger partial charge in [-0.2, -0.15) is 0 Å². The van der Waals surface area contributed by atoms with Gasteiger partial charge in [0.1, 0.15) is 6.61 Å². The van der Waals surface area contributed by atoms with E-state index in [4.69, 9.17) is 9.47 Å². The Bertz CT molecular complexity index is 613. The third-order valence-corrected chi connectivity index (χ3v) is 2.97. The molecule has 0 saturated heterocycles. The van der Waals surface area contributed by atoms with Gasteiger partial charge in [0.25, 0.3) is 0 Å². The topological polar surface area (TPSA) is 67.8 Å². The van der Waals surface area contributed by atoms with E-state index in [0.29, 0.717) is 18.9 Å². The van der Waals surface area contributed by atoms with Crippen molar-refractivity contribution >= 4 is 6.09 Å². The molecule has 2 aromatic rings. The fourth-order valence-corrected chi connectivity index (χ4v) is 1.89. The number of aromatic hydroxyl groups is 1. The van der Waals surface area contributed by atoms with Crippen molar-refractivity contribution in [2.24, 2.45) is 0 Å². The number of carbonyl (C=O) groups is 1. The average Bonchev–Trinajstić information content (AvgIpc) is 2.55. The van der Waals surface area contributed by atoms with Gasteiger partial charge in [-0.3, -0.25) is 0 Å². The second-order valence-electron chi connectivity index (χ2n) is 4.65. The van der Waals surface area contributed by atoms with E-state index in [1.165, 1.54) is 6.07 Å². The van der Waals surface area contributed by atoms with Crippen molar-refractivity contribution < 1.29 is 19.4 Å². The number of rotatable bonds is 6. The largest absolute Gasteiger partial charge is 0.504 e. The summed E-state index contributed by atoms with van der Waals surface area (Å²) in [5, 5.41) is 12.3. The first kappa shape index (κ1) is 15.7. The molecule has 0 saturated carbocycles. The van der Waals surface area contributed by atoms with Crippen LogP contribution in [0.3, 0.4) is 0 Å². The Morgan fingerprint density at radius 2 is 1.91 bits per heavy atom.